The Morgan fingerprint density at radius 3 is 2.00 bits per heavy atom. The fourth-order valence-electron chi connectivity index (χ4n) is 3.23. The Morgan fingerprint density at radius 1 is 0.828 bits per heavy atom. The van der Waals surface area contributed by atoms with Crippen molar-refractivity contribution in [3.8, 4) is 5.75 Å². The van der Waals surface area contributed by atoms with Crippen molar-refractivity contribution < 1.29 is 4.74 Å². The minimum atomic E-state index is 0.307. The number of alkyl halides is 1. The van der Waals surface area contributed by atoms with E-state index in [1.807, 2.05) is 48.5 Å². The van der Waals surface area contributed by atoms with Gasteiger partial charge in [0.15, 0.2) is 0 Å². The fraction of sp³-hybridized carbons (Fsp3) is 0.167. The van der Waals surface area contributed by atoms with Crippen LogP contribution in [-0.4, -0.2) is 19.0 Å². The lowest BCUT2D eigenvalue weighted by Gasteiger charge is -2.17. The third-order valence-electron chi connectivity index (χ3n) is 4.50. The smallest absolute Gasteiger partial charge is 0.119 e. The second-order valence-electron chi connectivity index (χ2n) is 6.35. The summed E-state index contributed by atoms with van der Waals surface area (Å²) in [7, 11) is 0. The van der Waals surface area contributed by atoms with Crippen LogP contribution in [-0.2, 0) is 0 Å². The van der Waals surface area contributed by atoms with Crippen molar-refractivity contribution in [2.75, 3.05) is 19.0 Å². The minimum Gasteiger partial charge on any atom is -0.493 e. The molecule has 0 amide bonds. The molecule has 5 heteroatoms. The van der Waals surface area contributed by atoms with Gasteiger partial charge in [-0.1, -0.05) is 77.9 Å². The van der Waals surface area contributed by atoms with Crippen molar-refractivity contribution in [2.45, 2.75) is 6.42 Å². The van der Waals surface area contributed by atoms with Crippen LogP contribution in [0.25, 0.3) is 21.6 Å². The fourth-order valence-corrected chi connectivity index (χ4v) is 3.42. The second kappa shape index (κ2) is 11.0. The van der Waals surface area contributed by atoms with Crippen molar-refractivity contribution >= 4 is 22.7 Å². The van der Waals surface area contributed by atoms with E-state index >= 15 is 0 Å². The number of ether oxygens (including phenoxy) is 1. The molecule has 3 rings (SSSR count). The number of nitrogens with zero attached hydrogens (tertiary/aromatic N) is 3. The molecule has 0 aliphatic rings. The normalized spacial score (nSPS) is 11.3. The number of hydrogen-bond acceptors (Lipinski definition) is 2. The van der Waals surface area contributed by atoms with E-state index in [0.29, 0.717) is 19.0 Å². The van der Waals surface area contributed by atoms with Crippen LogP contribution in [0.1, 0.15) is 23.1 Å². The summed E-state index contributed by atoms with van der Waals surface area (Å²) in [5, 5.41) is 3.49. The maximum Gasteiger partial charge on any atom is 0.119 e. The standard InChI is InChI=1S/C24H22ClN3O/c25-16-15-23(19-7-3-1-4-8-19)24(20-9-5-2-6-10-20)21-11-13-22(14-12-21)29-18-17-27-28-26/h1-14H,15-18H2/b24-23-. The van der Waals surface area contributed by atoms with Crippen LogP contribution in [0.15, 0.2) is 90.0 Å². The molecule has 0 fully saturated rings. The summed E-state index contributed by atoms with van der Waals surface area (Å²) in [6, 6.07) is 28.7. The maximum atomic E-state index is 8.35. The van der Waals surface area contributed by atoms with Gasteiger partial charge in [-0.15, -0.1) is 11.6 Å². The van der Waals surface area contributed by atoms with Gasteiger partial charge in [-0.2, -0.15) is 0 Å². The molecular formula is C24H22ClN3O. The molecule has 3 aromatic rings. The number of allylic oxidation sites excluding steroid dienone is 1. The van der Waals surface area contributed by atoms with Gasteiger partial charge < -0.3 is 4.74 Å². The molecule has 0 saturated heterocycles. The Hall–Kier alpha value is -3.20. The van der Waals surface area contributed by atoms with Gasteiger partial charge in [0.1, 0.15) is 5.75 Å². The van der Waals surface area contributed by atoms with E-state index in [4.69, 9.17) is 21.9 Å². The molecule has 4 nitrogen and oxygen atoms in total. The van der Waals surface area contributed by atoms with Crippen molar-refractivity contribution in [1.29, 1.82) is 0 Å². The van der Waals surface area contributed by atoms with Crippen molar-refractivity contribution in [1.82, 2.24) is 0 Å². The van der Waals surface area contributed by atoms with E-state index in [0.717, 1.165) is 28.9 Å². The summed E-state index contributed by atoms with van der Waals surface area (Å²) >= 11 is 6.18. The summed E-state index contributed by atoms with van der Waals surface area (Å²) in [4.78, 5) is 2.73. The molecule has 0 bridgehead atoms. The molecule has 146 valence electrons. The first kappa shape index (κ1) is 20.5. The van der Waals surface area contributed by atoms with E-state index in [2.05, 4.69) is 46.4 Å². The van der Waals surface area contributed by atoms with Crippen LogP contribution in [0.5, 0.6) is 5.75 Å². The first-order chi connectivity index (χ1) is 14.3. The van der Waals surface area contributed by atoms with E-state index < -0.39 is 0 Å². The largest absolute Gasteiger partial charge is 0.493 e. The molecule has 0 heterocycles. The Bertz CT molecular complexity index is 980. The van der Waals surface area contributed by atoms with Gasteiger partial charge in [-0.25, -0.2) is 0 Å². The van der Waals surface area contributed by atoms with E-state index in [1.165, 1.54) is 11.1 Å². The van der Waals surface area contributed by atoms with Gasteiger partial charge >= 0.3 is 0 Å². The van der Waals surface area contributed by atoms with E-state index in [9.17, 15) is 0 Å². The Morgan fingerprint density at radius 2 is 1.41 bits per heavy atom. The Balaban J connectivity index is 2.03. The maximum absolute atomic E-state index is 8.35. The van der Waals surface area contributed by atoms with E-state index in [1.54, 1.807) is 0 Å². The van der Waals surface area contributed by atoms with Gasteiger partial charge in [0.2, 0.25) is 0 Å². The number of rotatable bonds is 9. The highest BCUT2D eigenvalue weighted by Crippen LogP contribution is 2.35. The molecule has 0 aromatic heterocycles. The highest BCUT2D eigenvalue weighted by Gasteiger charge is 2.14. The molecule has 0 unspecified atom stereocenters. The monoisotopic (exact) mass is 403 g/mol. The molecule has 29 heavy (non-hydrogen) atoms. The summed E-state index contributed by atoms with van der Waals surface area (Å²) in [6.45, 7) is 0.660. The van der Waals surface area contributed by atoms with Crippen LogP contribution in [0.3, 0.4) is 0 Å². The predicted molar refractivity (Wildman–Crippen MR) is 120 cm³/mol. The Labute approximate surface area is 176 Å². The van der Waals surface area contributed by atoms with Crippen molar-refractivity contribution in [2.24, 2.45) is 5.11 Å². The Kier molecular flexibility index (Phi) is 7.76. The van der Waals surface area contributed by atoms with Crippen LogP contribution >= 0.6 is 11.6 Å². The van der Waals surface area contributed by atoms with Crippen LogP contribution in [0, 0.1) is 0 Å². The first-order valence-electron chi connectivity index (χ1n) is 9.47. The highest BCUT2D eigenvalue weighted by molar-refractivity contribution is 6.18. The zero-order valence-electron chi connectivity index (χ0n) is 16.0. The average molecular weight is 404 g/mol. The number of hydrogen-bond donors (Lipinski definition) is 0. The van der Waals surface area contributed by atoms with Crippen molar-refractivity contribution in [3.05, 3.63) is 112 Å². The predicted octanol–water partition coefficient (Wildman–Crippen LogP) is 6.96. The minimum absolute atomic E-state index is 0.307. The SMILES string of the molecule is [N-]=[N+]=NCCOc1ccc(/C(=C(/CCCl)c2ccccc2)c2ccccc2)cc1. The van der Waals surface area contributed by atoms with Crippen LogP contribution < -0.4 is 4.74 Å². The van der Waals surface area contributed by atoms with Gasteiger partial charge in [0.25, 0.3) is 0 Å². The molecule has 0 saturated carbocycles. The average Bonchev–Trinajstić information content (AvgIpc) is 2.79. The van der Waals surface area contributed by atoms with Crippen LogP contribution in [0.4, 0.5) is 0 Å². The zero-order chi connectivity index (χ0) is 20.3. The third kappa shape index (κ3) is 5.64. The molecule has 0 radical (unpaired) electrons. The third-order valence-corrected chi connectivity index (χ3v) is 4.69. The van der Waals surface area contributed by atoms with Gasteiger partial charge in [-0.05, 0) is 51.9 Å². The van der Waals surface area contributed by atoms with E-state index in [-0.39, 0.29) is 0 Å². The molecular weight excluding hydrogens is 382 g/mol. The second-order valence-corrected chi connectivity index (χ2v) is 6.73. The number of benzene rings is 3. The summed E-state index contributed by atoms with van der Waals surface area (Å²) in [5.41, 5.74) is 14.1. The summed E-state index contributed by atoms with van der Waals surface area (Å²) < 4.78 is 5.64. The zero-order valence-corrected chi connectivity index (χ0v) is 16.8. The quantitative estimate of drug-likeness (QED) is 0.0950. The van der Waals surface area contributed by atoms with Gasteiger partial charge in [0.05, 0.1) is 13.2 Å². The molecule has 0 N–H and O–H groups in total. The van der Waals surface area contributed by atoms with Crippen LogP contribution in [0.2, 0.25) is 0 Å². The summed E-state index contributed by atoms with van der Waals surface area (Å²) in [5.74, 6) is 1.29. The topological polar surface area (TPSA) is 58.0 Å². The molecule has 0 aliphatic carbocycles. The number of halogens is 1. The number of azide groups is 1. The van der Waals surface area contributed by atoms with Crippen molar-refractivity contribution in [3.63, 3.8) is 0 Å². The summed E-state index contributed by atoms with van der Waals surface area (Å²) in [6.07, 6.45) is 0.764. The molecule has 0 spiro atoms. The van der Waals surface area contributed by atoms with Gasteiger partial charge in [-0.3, -0.25) is 0 Å². The lowest BCUT2D eigenvalue weighted by Crippen LogP contribution is -2.00. The lowest BCUT2D eigenvalue weighted by atomic mass is 9.88. The van der Waals surface area contributed by atoms with Gasteiger partial charge in [0, 0.05) is 10.8 Å². The first-order valence-corrected chi connectivity index (χ1v) is 10.0. The molecule has 3 aromatic carbocycles. The highest BCUT2D eigenvalue weighted by atomic mass is 35.5. The molecule has 0 atom stereocenters. The molecule has 0 aliphatic heterocycles. The lowest BCUT2D eigenvalue weighted by molar-refractivity contribution is 0.328.